The van der Waals surface area contributed by atoms with E-state index in [0.29, 0.717) is 29.3 Å². The lowest BCUT2D eigenvalue weighted by molar-refractivity contribution is -0.119. The van der Waals surface area contributed by atoms with Gasteiger partial charge >= 0.3 is 0 Å². The molecule has 1 aromatic rings. The molecule has 0 saturated heterocycles. The van der Waals surface area contributed by atoms with Crippen LogP contribution in [0.15, 0.2) is 23.3 Å². The summed E-state index contributed by atoms with van der Waals surface area (Å²) >= 11 is 0. The Labute approximate surface area is 136 Å². The predicted molar refractivity (Wildman–Crippen MR) is 88.0 cm³/mol. The molecule has 0 aliphatic carbocycles. The van der Waals surface area contributed by atoms with Crippen LogP contribution in [0, 0.1) is 0 Å². The Hall–Kier alpha value is -2.57. The van der Waals surface area contributed by atoms with Gasteiger partial charge in [-0.15, -0.1) is 0 Å². The molecule has 0 saturated carbocycles. The van der Waals surface area contributed by atoms with Gasteiger partial charge in [0.2, 0.25) is 5.91 Å². The van der Waals surface area contributed by atoms with E-state index in [1.807, 2.05) is 6.92 Å². The molecule has 1 aromatic carbocycles. The maximum absolute atomic E-state index is 12.1. The number of amides is 2. The summed E-state index contributed by atoms with van der Waals surface area (Å²) < 4.78 is 10.2. The van der Waals surface area contributed by atoms with Gasteiger partial charge in [0.1, 0.15) is 11.5 Å². The summed E-state index contributed by atoms with van der Waals surface area (Å²) in [7, 11) is 3.02. The maximum Gasteiger partial charge on any atom is 0.271 e. The summed E-state index contributed by atoms with van der Waals surface area (Å²) in [6.07, 6.45) is 1.01. The van der Waals surface area contributed by atoms with Crippen LogP contribution in [0.4, 0.5) is 0 Å². The Morgan fingerprint density at radius 1 is 1.13 bits per heavy atom. The summed E-state index contributed by atoms with van der Waals surface area (Å²) in [4.78, 5) is 23.7. The molecule has 0 bridgehead atoms. The summed E-state index contributed by atoms with van der Waals surface area (Å²) in [5, 5.41) is 6.68. The highest BCUT2D eigenvalue weighted by Crippen LogP contribution is 2.22. The molecule has 7 nitrogen and oxygen atoms in total. The first kappa shape index (κ1) is 18.5. The zero-order chi connectivity index (χ0) is 17.2. The van der Waals surface area contributed by atoms with Gasteiger partial charge in [0, 0.05) is 23.9 Å². The minimum absolute atomic E-state index is 0.120. The van der Waals surface area contributed by atoms with Crippen molar-refractivity contribution in [3.05, 3.63) is 23.8 Å². The molecule has 0 atom stereocenters. The number of rotatable bonds is 8. The van der Waals surface area contributed by atoms with Crippen LogP contribution in [0.5, 0.6) is 11.5 Å². The van der Waals surface area contributed by atoms with Crippen LogP contribution in [-0.2, 0) is 4.79 Å². The Bertz CT molecular complexity index is 562. The Balaban J connectivity index is 2.68. The minimum Gasteiger partial charge on any atom is -0.497 e. The maximum atomic E-state index is 12.1. The highest BCUT2D eigenvalue weighted by atomic mass is 16.5. The first-order chi connectivity index (χ1) is 11.0. The largest absolute Gasteiger partial charge is 0.497 e. The average Bonchev–Trinajstić information content (AvgIpc) is 2.57. The average molecular weight is 321 g/mol. The van der Waals surface area contributed by atoms with E-state index in [1.165, 1.54) is 14.2 Å². The molecule has 1 rings (SSSR count). The van der Waals surface area contributed by atoms with Gasteiger partial charge in [0.25, 0.3) is 5.91 Å². The van der Waals surface area contributed by atoms with Crippen molar-refractivity contribution in [1.82, 2.24) is 10.7 Å². The van der Waals surface area contributed by atoms with E-state index >= 15 is 0 Å². The van der Waals surface area contributed by atoms with Crippen LogP contribution in [0.25, 0.3) is 0 Å². The SMILES string of the molecule is CCCNC(=O)C/C(C)=N\NC(=O)c1cc(OC)cc(OC)c1. The van der Waals surface area contributed by atoms with Crippen molar-refractivity contribution < 1.29 is 19.1 Å². The molecule has 0 aliphatic heterocycles. The highest BCUT2D eigenvalue weighted by Gasteiger charge is 2.10. The monoisotopic (exact) mass is 321 g/mol. The van der Waals surface area contributed by atoms with Gasteiger partial charge in [-0.2, -0.15) is 5.10 Å². The van der Waals surface area contributed by atoms with E-state index in [1.54, 1.807) is 25.1 Å². The lowest BCUT2D eigenvalue weighted by atomic mass is 10.2. The van der Waals surface area contributed by atoms with Gasteiger partial charge in [-0.3, -0.25) is 9.59 Å². The number of hydrazone groups is 1. The molecule has 2 amide bonds. The normalized spacial score (nSPS) is 10.9. The highest BCUT2D eigenvalue weighted by molar-refractivity contribution is 6.01. The lowest BCUT2D eigenvalue weighted by Gasteiger charge is -2.08. The smallest absolute Gasteiger partial charge is 0.271 e. The van der Waals surface area contributed by atoms with Crippen molar-refractivity contribution in [1.29, 1.82) is 0 Å². The van der Waals surface area contributed by atoms with Gasteiger partial charge in [0.05, 0.1) is 20.6 Å². The molecule has 7 heteroatoms. The zero-order valence-electron chi connectivity index (χ0n) is 13.9. The number of benzene rings is 1. The molecule has 0 aliphatic rings. The number of hydrogen-bond donors (Lipinski definition) is 2. The first-order valence-electron chi connectivity index (χ1n) is 7.33. The molecular formula is C16H23N3O4. The predicted octanol–water partition coefficient (Wildman–Crippen LogP) is 1.73. The molecule has 0 spiro atoms. The minimum atomic E-state index is -0.407. The molecule has 0 radical (unpaired) electrons. The van der Waals surface area contributed by atoms with E-state index in [4.69, 9.17) is 9.47 Å². The van der Waals surface area contributed by atoms with E-state index in [0.717, 1.165) is 6.42 Å². The number of carbonyl (C=O) groups excluding carboxylic acids is 2. The van der Waals surface area contributed by atoms with Crippen LogP contribution in [0.1, 0.15) is 37.0 Å². The van der Waals surface area contributed by atoms with E-state index in [9.17, 15) is 9.59 Å². The molecule has 2 N–H and O–H groups in total. The molecule has 0 fully saturated rings. The molecular weight excluding hydrogens is 298 g/mol. The number of carbonyl (C=O) groups is 2. The summed E-state index contributed by atoms with van der Waals surface area (Å²) in [5.74, 6) is 0.490. The summed E-state index contributed by atoms with van der Waals surface area (Å²) in [6, 6.07) is 4.83. The summed E-state index contributed by atoms with van der Waals surface area (Å²) in [6.45, 7) is 4.28. The fraction of sp³-hybridized carbons (Fsp3) is 0.438. The van der Waals surface area contributed by atoms with Crippen molar-refractivity contribution in [2.24, 2.45) is 5.10 Å². The van der Waals surface area contributed by atoms with Crippen LogP contribution < -0.4 is 20.2 Å². The summed E-state index contributed by atoms with van der Waals surface area (Å²) in [5.41, 5.74) is 3.29. The lowest BCUT2D eigenvalue weighted by Crippen LogP contribution is -2.27. The third-order valence-corrected chi connectivity index (χ3v) is 2.95. The topological polar surface area (TPSA) is 89.0 Å². The quantitative estimate of drug-likeness (QED) is 0.563. The van der Waals surface area contributed by atoms with Crippen molar-refractivity contribution >= 4 is 17.5 Å². The molecule has 0 heterocycles. The van der Waals surface area contributed by atoms with E-state index in [2.05, 4.69) is 15.8 Å². The number of hydrogen-bond acceptors (Lipinski definition) is 5. The van der Waals surface area contributed by atoms with Crippen molar-refractivity contribution in [3.8, 4) is 11.5 Å². The van der Waals surface area contributed by atoms with E-state index in [-0.39, 0.29) is 12.3 Å². The number of methoxy groups -OCH3 is 2. The van der Waals surface area contributed by atoms with Crippen molar-refractivity contribution in [2.45, 2.75) is 26.7 Å². The molecule has 0 aromatic heterocycles. The molecule has 23 heavy (non-hydrogen) atoms. The third-order valence-electron chi connectivity index (χ3n) is 2.95. The van der Waals surface area contributed by atoms with Crippen LogP contribution >= 0.6 is 0 Å². The van der Waals surface area contributed by atoms with Gasteiger partial charge in [-0.25, -0.2) is 5.43 Å². The zero-order valence-corrected chi connectivity index (χ0v) is 13.9. The second-order valence-electron chi connectivity index (χ2n) is 4.92. The van der Waals surface area contributed by atoms with E-state index < -0.39 is 5.91 Å². The standard InChI is InChI=1S/C16H23N3O4/c1-5-6-17-15(20)7-11(2)18-19-16(21)12-8-13(22-3)10-14(9-12)23-4/h8-10H,5-7H2,1-4H3,(H,17,20)(H,19,21)/b18-11-. The van der Waals surface area contributed by atoms with Crippen molar-refractivity contribution in [2.75, 3.05) is 20.8 Å². The van der Waals surface area contributed by atoms with Crippen LogP contribution in [-0.4, -0.2) is 38.3 Å². The van der Waals surface area contributed by atoms with Crippen LogP contribution in [0.3, 0.4) is 0 Å². The Kier molecular flexibility index (Phi) is 7.59. The van der Waals surface area contributed by atoms with Gasteiger partial charge < -0.3 is 14.8 Å². The Morgan fingerprint density at radius 3 is 2.26 bits per heavy atom. The van der Waals surface area contributed by atoms with Gasteiger partial charge in [-0.1, -0.05) is 6.92 Å². The molecule has 0 unspecified atom stereocenters. The second-order valence-corrected chi connectivity index (χ2v) is 4.92. The number of ether oxygens (including phenoxy) is 2. The fourth-order valence-corrected chi connectivity index (χ4v) is 1.75. The third kappa shape index (κ3) is 6.37. The van der Waals surface area contributed by atoms with Gasteiger partial charge in [-0.05, 0) is 25.5 Å². The second kappa shape index (κ2) is 9.45. The number of nitrogens with zero attached hydrogens (tertiary/aromatic N) is 1. The Morgan fingerprint density at radius 2 is 1.74 bits per heavy atom. The fourth-order valence-electron chi connectivity index (χ4n) is 1.75. The van der Waals surface area contributed by atoms with Crippen LogP contribution in [0.2, 0.25) is 0 Å². The van der Waals surface area contributed by atoms with Gasteiger partial charge in [0.15, 0.2) is 0 Å². The number of nitrogens with one attached hydrogen (secondary N) is 2. The first-order valence-corrected chi connectivity index (χ1v) is 7.33. The van der Waals surface area contributed by atoms with Crippen molar-refractivity contribution in [3.63, 3.8) is 0 Å². The molecule has 126 valence electrons.